The number of hydrogen-bond acceptors (Lipinski definition) is 2. The third-order valence-corrected chi connectivity index (χ3v) is 1.87. The molecule has 0 unspecified atom stereocenters. The third kappa shape index (κ3) is 0.845. The van der Waals surface area contributed by atoms with Gasteiger partial charge in [-0.05, 0) is 18.6 Å². The van der Waals surface area contributed by atoms with Crippen molar-refractivity contribution in [2.24, 2.45) is 7.05 Å². The number of aromatic nitrogens is 3. The number of aryl methyl sites for hydroxylation is 2. The second kappa shape index (κ2) is 2.20. The van der Waals surface area contributed by atoms with Crippen LogP contribution in [0.5, 0.6) is 0 Å². The zero-order valence-electron chi connectivity index (χ0n) is 6.96. The summed E-state index contributed by atoms with van der Waals surface area (Å²) in [4.78, 5) is 18.0. The van der Waals surface area contributed by atoms with Gasteiger partial charge in [0, 0.05) is 13.2 Å². The van der Waals surface area contributed by atoms with Gasteiger partial charge in [0.1, 0.15) is 0 Å². The Kier molecular flexibility index (Phi) is 1.30. The van der Waals surface area contributed by atoms with E-state index < -0.39 is 0 Å². The minimum Gasteiger partial charge on any atom is -0.304 e. The highest BCUT2D eigenvalue weighted by Crippen LogP contribution is 2.06. The molecule has 0 saturated heterocycles. The van der Waals surface area contributed by atoms with Crippen LogP contribution in [0.25, 0.3) is 11.2 Å². The van der Waals surface area contributed by atoms with Gasteiger partial charge in [-0.2, -0.15) is 0 Å². The maximum atomic E-state index is 11.1. The maximum Gasteiger partial charge on any atom is 0.327 e. The van der Waals surface area contributed by atoms with Gasteiger partial charge < -0.3 is 4.98 Å². The Bertz CT molecular complexity index is 480. The third-order valence-electron chi connectivity index (χ3n) is 1.87. The average Bonchev–Trinajstić information content (AvgIpc) is 2.28. The lowest BCUT2D eigenvalue weighted by molar-refractivity contribution is 0.878. The monoisotopic (exact) mass is 163 g/mol. The lowest BCUT2D eigenvalue weighted by Gasteiger charge is -1.92. The predicted octanol–water partition coefficient (Wildman–Crippen LogP) is 0.570. The first-order chi connectivity index (χ1) is 5.68. The van der Waals surface area contributed by atoms with Crippen molar-refractivity contribution in [3.05, 3.63) is 28.3 Å². The number of rotatable bonds is 0. The number of fused-ring (bicyclic) bond motifs is 1. The molecule has 0 fully saturated rings. The highest BCUT2D eigenvalue weighted by atomic mass is 16.1. The van der Waals surface area contributed by atoms with Crippen LogP contribution in [0.15, 0.2) is 17.1 Å². The Morgan fingerprint density at radius 1 is 1.58 bits per heavy atom. The molecule has 2 rings (SSSR count). The first-order valence-corrected chi connectivity index (χ1v) is 3.70. The van der Waals surface area contributed by atoms with Crippen molar-refractivity contribution in [1.29, 1.82) is 0 Å². The molecule has 12 heavy (non-hydrogen) atoms. The van der Waals surface area contributed by atoms with Gasteiger partial charge in [-0.1, -0.05) is 0 Å². The number of H-pyrrole nitrogens is 1. The van der Waals surface area contributed by atoms with E-state index >= 15 is 0 Å². The van der Waals surface area contributed by atoms with E-state index in [1.54, 1.807) is 13.2 Å². The van der Waals surface area contributed by atoms with Gasteiger partial charge in [-0.3, -0.25) is 4.57 Å². The normalized spacial score (nSPS) is 10.8. The summed E-state index contributed by atoms with van der Waals surface area (Å²) in [6.07, 6.45) is 1.75. The predicted molar refractivity (Wildman–Crippen MR) is 46.1 cm³/mol. The molecule has 4 nitrogen and oxygen atoms in total. The van der Waals surface area contributed by atoms with E-state index in [1.165, 1.54) is 4.57 Å². The molecule has 0 aliphatic heterocycles. The highest BCUT2D eigenvalue weighted by molar-refractivity contribution is 5.70. The average molecular weight is 163 g/mol. The smallest absolute Gasteiger partial charge is 0.304 e. The first-order valence-electron chi connectivity index (χ1n) is 3.70. The van der Waals surface area contributed by atoms with Crippen LogP contribution in [0.3, 0.4) is 0 Å². The molecular weight excluding hydrogens is 154 g/mol. The van der Waals surface area contributed by atoms with Crippen LogP contribution in [-0.4, -0.2) is 14.5 Å². The summed E-state index contributed by atoms with van der Waals surface area (Å²) >= 11 is 0. The van der Waals surface area contributed by atoms with Gasteiger partial charge in [-0.15, -0.1) is 0 Å². The van der Waals surface area contributed by atoms with E-state index in [1.807, 2.05) is 13.0 Å². The van der Waals surface area contributed by atoms with Gasteiger partial charge >= 0.3 is 5.69 Å². The van der Waals surface area contributed by atoms with Crippen LogP contribution in [0.4, 0.5) is 0 Å². The molecule has 2 aromatic rings. The van der Waals surface area contributed by atoms with Crippen molar-refractivity contribution in [1.82, 2.24) is 14.5 Å². The van der Waals surface area contributed by atoms with Crippen molar-refractivity contribution >= 4 is 11.2 Å². The fraction of sp³-hybridized carbons (Fsp3) is 0.250. The van der Waals surface area contributed by atoms with E-state index in [0.29, 0.717) is 5.65 Å². The van der Waals surface area contributed by atoms with Crippen molar-refractivity contribution in [3.63, 3.8) is 0 Å². The summed E-state index contributed by atoms with van der Waals surface area (Å²) in [7, 11) is 1.70. The zero-order valence-corrected chi connectivity index (χ0v) is 6.96. The summed E-state index contributed by atoms with van der Waals surface area (Å²) < 4.78 is 1.49. The largest absolute Gasteiger partial charge is 0.327 e. The summed E-state index contributed by atoms with van der Waals surface area (Å²) in [5, 5.41) is 0. The SMILES string of the molecule is Cc1cnc2c(c1)[nH]c(=O)n2C. The molecule has 0 bridgehead atoms. The Morgan fingerprint density at radius 2 is 2.33 bits per heavy atom. The van der Waals surface area contributed by atoms with Crippen LogP contribution in [-0.2, 0) is 7.05 Å². The van der Waals surface area contributed by atoms with Gasteiger partial charge in [0.05, 0.1) is 5.52 Å². The van der Waals surface area contributed by atoms with E-state index in [2.05, 4.69) is 9.97 Å². The molecule has 62 valence electrons. The van der Waals surface area contributed by atoms with Crippen LogP contribution >= 0.6 is 0 Å². The minimum atomic E-state index is -0.122. The fourth-order valence-corrected chi connectivity index (χ4v) is 1.22. The summed E-state index contributed by atoms with van der Waals surface area (Å²) in [5.41, 5.74) is 2.42. The Labute approximate surface area is 68.9 Å². The number of pyridine rings is 1. The van der Waals surface area contributed by atoms with E-state index in [0.717, 1.165) is 11.1 Å². The Balaban J connectivity index is 2.96. The molecule has 0 saturated carbocycles. The van der Waals surface area contributed by atoms with Crippen LogP contribution in [0.1, 0.15) is 5.56 Å². The number of aromatic amines is 1. The van der Waals surface area contributed by atoms with Crippen LogP contribution in [0.2, 0.25) is 0 Å². The molecule has 0 aliphatic carbocycles. The standard InChI is InChI=1S/C8H9N3O/c1-5-3-6-7(9-4-5)11(2)8(12)10-6/h3-4H,1-2H3,(H,10,12). The molecule has 0 radical (unpaired) electrons. The number of nitrogens with zero attached hydrogens (tertiary/aromatic N) is 2. The highest BCUT2D eigenvalue weighted by Gasteiger charge is 2.02. The van der Waals surface area contributed by atoms with Gasteiger partial charge in [-0.25, -0.2) is 9.78 Å². The van der Waals surface area contributed by atoms with Crippen molar-refractivity contribution < 1.29 is 0 Å². The van der Waals surface area contributed by atoms with E-state index in [-0.39, 0.29) is 5.69 Å². The lowest BCUT2D eigenvalue weighted by atomic mass is 10.3. The number of imidazole rings is 1. The van der Waals surface area contributed by atoms with Gasteiger partial charge in [0.15, 0.2) is 5.65 Å². The topological polar surface area (TPSA) is 50.7 Å². The molecule has 4 heteroatoms. The molecular formula is C8H9N3O. The first kappa shape index (κ1) is 7.09. The number of nitrogens with one attached hydrogen (secondary N) is 1. The minimum absolute atomic E-state index is 0.122. The molecule has 0 spiro atoms. The Hall–Kier alpha value is -1.58. The van der Waals surface area contributed by atoms with Crippen molar-refractivity contribution in [2.45, 2.75) is 6.92 Å². The maximum absolute atomic E-state index is 11.1. The fourth-order valence-electron chi connectivity index (χ4n) is 1.22. The molecule has 0 atom stereocenters. The lowest BCUT2D eigenvalue weighted by Crippen LogP contribution is -2.12. The van der Waals surface area contributed by atoms with E-state index in [9.17, 15) is 4.79 Å². The van der Waals surface area contributed by atoms with Crippen molar-refractivity contribution in [3.8, 4) is 0 Å². The quantitative estimate of drug-likeness (QED) is 0.617. The van der Waals surface area contributed by atoms with Gasteiger partial charge in [0.2, 0.25) is 0 Å². The summed E-state index contributed by atoms with van der Waals surface area (Å²) in [6.45, 7) is 1.94. The molecule has 1 N–H and O–H groups in total. The molecule has 0 amide bonds. The summed E-state index contributed by atoms with van der Waals surface area (Å²) in [6, 6.07) is 1.91. The molecule has 0 aliphatic rings. The second-order valence-electron chi connectivity index (χ2n) is 2.87. The second-order valence-corrected chi connectivity index (χ2v) is 2.87. The van der Waals surface area contributed by atoms with Crippen LogP contribution < -0.4 is 5.69 Å². The molecule has 2 aromatic heterocycles. The number of hydrogen-bond donors (Lipinski definition) is 1. The van der Waals surface area contributed by atoms with E-state index in [4.69, 9.17) is 0 Å². The summed E-state index contributed by atoms with van der Waals surface area (Å²) in [5.74, 6) is 0. The van der Waals surface area contributed by atoms with Crippen LogP contribution in [0, 0.1) is 6.92 Å². The van der Waals surface area contributed by atoms with Gasteiger partial charge in [0.25, 0.3) is 0 Å². The molecule has 2 heterocycles. The molecule has 0 aromatic carbocycles. The van der Waals surface area contributed by atoms with Crippen molar-refractivity contribution in [2.75, 3.05) is 0 Å². The zero-order chi connectivity index (χ0) is 8.72. The Morgan fingerprint density at radius 3 is 3.08 bits per heavy atom.